The third kappa shape index (κ3) is 5.51. The summed E-state index contributed by atoms with van der Waals surface area (Å²) >= 11 is 0. The van der Waals surface area contributed by atoms with Crippen molar-refractivity contribution in [2.45, 2.75) is 39.5 Å². The number of allylic oxidation sites excluding steroid dienone is 5. The molecular weight excluding hydrogens is 484 g/mol. The number of ketones is 2. The zero-order chi connectivity index (χ0) is 27.5. The molecule has 2 unspecified atom stereocenters. The number of ether oxygens (including phenoxy) is 2. The highest BCUT2D eigenvalue weighted by Crippen LogP contribution is 2.49. The number of Topliss-reactive ketones (excluding diaryl/α,β-unsaturated/α-hetero) is 2. The predicted molar refractivity (Wildman–Crippen MR) is 155 cm³/mol. The van der Waals surface area contributed by atoms with Crippen LogP contribution >= 0.6 is 0 Å². The summed E-state index contributed by atoms with van der Waals surface area (Å²) in [5.41, 5.74) is 8.04. The summed E-state index contributed by atoms with van der Waals surface area (Å²) in [4.78, 5) is 25.7. The summed E-state index contributed by atoms with van der Waals surface area (Å²) in [5.74, 6) is 1.07. The second-order valence-corrected chi connectivity index (χ2v) is 10.5. The first-order valence-electron chi connectivity index (χ1n) is 13.4. The van der Waals surface area contributed by atoms with E-state index in [0.717, 1.165) is 39.8 Å². The van der Waals surface area contributed by atoms with Gasteiger partial charge in [0.25, 0.3) is 0 Å². The number of benzene rings is 3. The van der Waals surface area contributed by atoms with Gasteiger partial charge in [0.1, 0.15) is 6.61 Å². The molecule has 4 nitrogen and oxygen atoms in total. The van der Waals surface area contributed by atoms with Crippen LogP contribution < -0.4 is 9.47 Å². The Hall–Kier alpha value is -4.18. The molecule has 0 aliphatic heterocycles. The maximum Gasteiger partial charge on any atom is 0.170 e. The molecule has 5 rings (SSSR count). The fourth-order valence-electron chi connectivity index (χ4n) is 5.59. The lowest BCUT2D eigenvalue weighted by molar-refractivity contribution is -0.113. The van der Waals surface area contributed by atoms with E-state index in [2.05, 4.69) is 37.3 Å². The van der Waals surface area contributed by atoms with E-state index >= 15 is 0 Å². The molecule has 0 spiro atoms. The molecule has 3 aromatic rings. The molecule has 2 atom stereocenters. The zero-order valence-corrected chi connectivity index (χ0v) is 23.0. The molecule has 0 saturated carbocycles. The fourth-order valence-corrected chi connectivity index (χ4v) is 5.59. The molecule has 2 aliphatic rings. The van der Waals surface area contributed by atoms with Gasteiger partial charge in [-0.15, -0.1) is 0 Å². The molecule has 0 bridgehead atoms. The van der Waals surface area contributed by atoms with Gasteiger partial charge in [-0.2, -0.15) is 0 Å². The zero-order valence-electron chi connectivity index (χ0n) is 23.0. The van der Waals surface area contributed by atoms with Gasteiger partial charge in [-0.25, -0.2) is 0 Å². The minimum atomic E-state index is -0.327. The topological polar surface area (TPSA) is 52.6 Å². The van der Waals surface area contributed by atoms with E-state index in [1.165, 1.54) is 11.1 Å². The molecule has 0 radical (unpaired) electrons. The molecule has 4 heteroatoms. The fraction of sp³-hybridized carbons (Fsp3) is 0.257. The first kappa shape index (κ1) is 26.4. The first-order chi connectivity index (χ1) is 18.9. The van der Waals surface area contributed by atoms with Crippen LogP contribution in [0.15, 0.2) is 96.1 Å². The van der Waals surface area contributed by atoms with E-state index in [9.17, 15) is 9.59 Å². The summed E-state index contributed by atoms with van der Waals surface area (Å²) in [6.07, 6.45) is 7.31. The number of carbonyl (C=O) groups is 2. The van der Waals surface area contributed by atoms with Crippen LogP contribution in [0.5, 0.6) is 11.5 Å². The van der Waals surface area contributed by atoms with Crippen LogP contribution in [-0.2, 0) is 4.79 Å². The van der Waals surface area contributed by atoms with Gasteiger partial charge in [-0.1, -0.05) is 84.5 Å². The van der Waals surface area contributed by atoms with E-state index in [0.29, 0.717) is 24.5 Å². The Morgan fingerprint density at radius 3 is 2.38 bits per heavy atom. The quantitative estimate of drug-likeness (QED) is 0.274. The number of rotatable bonds is 9. The Bertz CT molecular complexity index is 1500. The highest BCUT2D eigenvalue weighted by molar-refractivity contribution is 6.02. The van der Waals surface area contributed by atoms with Crippen molar-refractivity contribution in [3.8, 4) is 11.5 Å². The van der Waals surface area contributed by atoms with E-state index < -0.39 is 0 Å². The number of hydrogen-bond donors (Lipinski definition) is 0. The molecular formula is C35H34O4. The molecule has 0 aromatic heterocycles. The van der Waals surface area contributed by atoms with Gasteiger partial charge in [0.05, 0.1) is 7.11 Å². The van der Waals surface area contributed by atoms with Crippen molar-refractivity contribution in [1.29, 1.82) is 0 Å². The van der Waals surface area contributed by atoms with Gasteiger partial charge >= 0.3 is 0 Å². The van der Waals surface area contributed by atoms with Gasteiger partial charge in [0.15, 0.2) is 23.1 Å². The van der Waals surface area contributed by atoms with Gasteiger partial charge < -0.3 is 9.47 Å². The maximum absolute atomic E-state index is 14.0. The van der Waals surface area contributed by atoms with Crippen molar-refractivity contribution in [2.24, 2.45) is 5.92 Å². The highest BCUT2D eigenvalue weighted by atomic mass is 16.5. The SMILES string of the molecule is COc1c(OCC2=CC=C(C(C)=O)C2)cccc1C1CC(c2ccc(C)cc2)=CC1C(=O)c1ccccc1C. The lowest BCUT2D eigenvalue weighted by Crippen LogP contribution is -2.19. The standard InChI is InChI=1S/C35H34O4/c1-22-12-15-26(16-13-22)28-19-31(32(20-28)34(37)29-9-6-5-8-23(29)2)30-10-7-11-33(35(30)38-4)39-21-25-14-17-27(18-25)24(3)36/h5-17,20,31-32H,18-19,21H2,1-4H3. The minimum absolute atomic E-state index is 0.0864. The molecule has 0 heterocycles. The molecule has 0 N–H and O–H groups in total. The smallest absolute Gasteiger partial charge is 0.170 e. The third-order valence-corrected chi connectivity index (χ3v) is 7.81. The van der Waals surface area contributed by atoms with Crippen molar-refractivity contribution in [1.82, 2.24) is 0 Å². The van der Waals surface area contributed by atoms with Crippen molar-refractivity contribution < 1.29 is 19.1 Å². The number of para-hydroxylation sites is 1. The lowest BCUT2D eigenvalue weighted by atomic mass is 9.82. The van der Waals surface area contributed by atoms with Gasteiger partial charge in [0.2, 0.25) is 0 Å². The third-order valence-electron chi connectivity index (χ3n) is 7.81. The Balaban J connectivity index is 1.47. The van der Waals surface area contributed by atoms with Crippen LogP contribution in [0.2, 0.25) is 0 Å². The van der Waals surface area contributed by atoms with Crippen molar-refractivity contribution in [3.63, 3.8) is 0 Å². The van der Waals surface area contributed by atoms with Crippen LogP contribution in [0, 0.1) is 19.8 Å². The largest absolute Gasteiger partial charge is 0.493 e. The van der Waals surface area contributed by atoms with E-state index in [4.69, 9.17) is 9.47 Å². The van der Waals surface area contributed by atoms with Gasteiger partial charge in [0, 0.05) is 29.4 Å². The van der Waals surface area contributed by atoms with Gasteiger partial charge in [-0.05, 0) is 61.1 Å². The lowest BCUT2D eigenvalue weighted by Gasteiger charge is -2.23. The van der Waals surface area contributed by atoms with Gasteiger partial charge in [-0.3, -0.25) is 9.59 Å². The van der Waals surface area contributed by atoms with E-state index in [1.54, 1.807) is 14.0 Å². The molecule has 2 aliphatic carbocycles. The van der Waals surface area contributed by atoms with E-state index in [1.807, 2.05) is 61.5 Å². The Kier molecular flexibility index (Phi) is 7.65. The molecule has 0 fully saturated rings. The Morgan fingerprint density at radius 1 is 0.923 bits per heavy atom. The molecule has 0 amide bonds. The summed E-state index contributed by atoms with van der Waals surface area (Å²) in [6.45, 7) is 6.03. The summed E-state index contributed by atoms with van der Waals surface area (Å²) < 4.78 is 12.2. The van der Waals surface area contributed by atoms with Crippen molar-refractivity contribution in [3.05, 3.63) is 124 Å². The Morgan fingerprint density at radius 2 is 1.69 bits per heavy atom. The molecule has 39 heavy (non-hydrogen) atoms. The Labute approximate surface area is 230 Å². The molecule has 198 valence electrons. The number of carbonyl (C=O) groups excluding carboxylic acids is 2. The minimum Gasteiger partial charge on any atom is -0.493 e. The summed E-state index contributed by atoms with van der Waals surface area (Å²) in [6, 6.07) is 22.2. The second-order valence-electron chi connectivity index (χ2n) is 10.5. The molecule has 0 saturated heterocycles. The second kappa shape index (κ2) is 11.3. The highest BCUT2D eigenvalue weighted by Gasteiger charge is 2.37. The molecule has 3 aromatic carbocycles. The van der Waals surface area contributed by atoms with Crippen molar-refractivity contribution in [2.75, 3.05) is 13.7 Å². The van der Waals surface area contributed by atoms with Crippen LogP contribution in [0.4, 0.5) is 0 Å². The summed E-state index contributed by atoms with van der Waals surface area (Å²) in [7, 11) is 1.65. The number of methoxy groups -OCH3 is 1. The average molecular weight is 519 g/mol. The predicted octanol–water partition coefficient (Wildman–Crippen LogP) is 7.61. The normalized spacial score (nSPS) is 18.3. The number of hydrogen-bond acceptors (Lipinski definition) is 4. The van der Waals surface area contributed by atoms with Crippen LogP contribution in [0.1, 0.15) is 58.3 Å². The van der Waals surface area contributed by atoms with Crippen LogP contribution in [0.25, 0.3) is 5.57 Å². The monoisotopic (exact) mass is 518 g/mol. The van der Waals surface area contributed by atoms with Crippen LogP contribution in [-0.4, -0.2) is 25.3 Å². The number of aryl methyl sites for hydroxylation is 2. The first-order valence-corrected chi connectivity index (χ1v) is 13.4. The average Bonchev–Trinajstić information content (AvgIpc) is 3.60. The van der Waals surface area contributed by atoms with Crippen molar-refractivity contribution >= 4 is 17.1 Å². The van der Waals surface area contributed by atoms with Crippen LogP contribution in [0.3, 0.4) is 0 Å². The van der Waals surface area contributed by atoms with E-state index in [-0.39, 0.29) is 23.4 Å². The summed E-state index contributed by atoms with van der Waals surface area (Å²) in [5, 5.41) is 0. The maximum atomic E-state index is 14.0.